The Morgan fingerprint density at radius 1 is 0.737 bits per heavy atom. The lowest BCUT2D eigenvalue weighted by atomic mass is 10.1. The fraction of sp³-hybridized carbons (Fsp3) is 0.214. The van der Waals surface area contributed by atoms with Crippen LogP contribution in [-0.2, 0) is 0 Å². The average molecular weight is 528 g/mol. The van der Waals surface area contributed by atoms with Crippen LogP contribution in [0.2, 0.25) is 0 Å². The monoisotopic (exact) mass is 527 g/mol. The molecule has 4 aromatic rings. The largest absolute Gasteiger partial charge is 0.340 e. The molecule has 0 bridgehead atoms. The Labute approximate surface area is 223 Å². The summed E-state index contributed by atoms with van der Waals surface area (Å²) in [5.74, 6) is 0. The van der Waals surface area contributed by atoms with Gasteiger partial charge in [0.1, 0.15) is 0 Å². The lowest BCUT2D eigenvalue weighted by Crippen LogP contribution is -2.22. The van der Waals surface area contributed by atoms with Crippen LogP contribution in [0.1, 0.15) is 32.6 Å². The standard InChI is InChI=1S/C28H25N5O4S/c1-2-3-4-5-14-31-25-8-6-19(23-17-21(32(34)35)10-12-29-23)15-27(25)38-28-16-20(7-9-26(28)31)24-18-22(33(36)37)11-13-30-24/h6-13,15-18H,2-5,14H2,1H3. The van der Waals surface area contributed by atoms with Gasteiger partial charge in [0.05, 0.1) is 32.6 Å². The summed E-state index contributed by atoms with van der Waals surface area (Å²) in [6.07, 6.45) is 7.41. The van der Waals surface area contributed by atoms with Gasteiger partial charge in [0, 0.05) is 64.1 Å². The van der Waals surface area contributed by atoms with Gasteiger partial charge in [-0.25, -0.2) is 0 Å². The SMILES string of the molecule is CCCCCCN1c2ccc(-c3cc([N+](=O)[O-])ccn3)cc2Sc2cc(-c3cc([N+](=O)[O-])ccn3)ccc21. The van der Waals surface area contributed by atoms with Crippen molar-refractivity contribution in [1.29, 1.82) is 0 Å². The van der Waals surface area contributed by atoms with E-state index in [0.717, 1.165) is 58.1 Å². The quantitative estimate of drug-likeness (QED) is 0.123. The molecule has 0 saturated carbocycles. The third-order valence-corrected chi connectivity index (χ3v) is 7.55. The molecule has 3 heterocycles. The highest BCUT2D eigenvalue weighted by atomic mass is 32.2. The summed E-state index contributed by atoms with van der Waals surface area (Å²) in [4.78, 5) is 34.8. The Morgan fingerprint density at radius 3 is 1.74 bits per heavy atom. The van der Waals surface area contributed by atoms with E-state index < -0.39 is 9.85 Å². The van der Waals surface area contributed by atoms with Gasteiger partial charge in [-0.05, 0) is 30.7 Å². The number of nitro groups is 2. The maximum atomic E-state index is 11.3. The zero-order chi connectivity index (χ0) is 26.6. The molecular formula is C28H25N5O4S. The minimum atomic E-state index is -0.421. The van der Waals surface area contributed by atoms with E-state index in [1.54, 1.807) is 11.8 Å². The van der Waals surface area contributed by atoms with Crippen molar-refractivity contribution in [1.82, 2.24) is 9.97 Å². The third kappa shape index (κ3) is 5.21. The normalized spacial score (nSPS) is 12.1. The molecule has 0 amide bonds. The molecule has 0 radical (unpaired) electrons. The van der Waals surface area contributed by atoms with Gasteiger partial charge in [-0.2, -0.15) is 0 Å². The Hall–Kier alpha value is -4.31. The van der Waals surface area contributed by atoms with E-state index >= 15 is 0 Å². The Morgan fingerprint density at radius 2 is 1.26 bits per heavy atom. The van der Waals surface area contributed by atoms with E-state index in [4.69, 9.17) is 0 Å². The number of hydrogen-bond acceptors (Lipinski definition) is 8. The number of anilines is 2. The number of nitrogens with zero attached hydrogens (tertiary/aromatic N) is 5. The van der Waals surface area contributed by atoms with Crippen LogP contribution in [0.15, 0.2) is 82.8 Å². The summed E-state index contributed by atoms with van der Waals surface area (Å²) in [6.45, 7) is 3.04. The van der Waals surface area contributed by atoms with Crippen molar-refractivity contribution in [3.8, 4) is 22.5 Å². The van der Waals surface area contributed by atoms with Crippen LogP contribution in [0.4, 0.5) is 22.7 Å². The fourth-order valence-corrected chi connectivity index (χ4v) is 5.70. The summed E-state index contributed by atoms with van der Waals surface area (Å²) in [7, 11) is 0. The van der Waals surface area contributed by atoms with Crippen LogP contribution < -0.4 is 4.90 Å². The molecular weight excluding hydrogens is 502 g/mol. The molecule has 0 spiro atoms. The number of rotatable bonds is 9. The molecule has 0 aliphatic carbocycles. The molecule has 0 atom stereocenters. The van der Waals surface area contributed by atoms with Crippen molar-refractivity contribution in [2.75, 3.05) is 11.4 Å². The minimum absolute atomic E-state index is 0.00244. The number of fused-ring (bicyclic) bond motifs is 2. The van der Waals surface area contributed by atoms with Crippen molar-refractivity contribution in [3.05, 3.63) is 93.3 Å². The second-order valence-electron chi connectivity index (χ2n) is 8.99. The molecule has 1 aliphatic heterocycles. The number of unbranched alkanes of at least 4 members (excludes halogenated alkanes) is 3. The van der Waals surface area contributed by atoms with Crippen molar-refractivity contribution < 1.29 is 9.85 Å². The maximum absolute atomic E-state index is 11.3. The predicted molar refractivity (Wildman–Crippen MR) is 148 cm³/mol. The lowest BCUT2D eigenvalue weighted by molar-refractivity contribution is -0.385. The van der Waals surface area contributed by atoms with E-state index in [9.17, 15) is 20.2 Å². The number of hydrogen-bond donors (Lipinski definition) is 0. The Balaban J connectivity index is 1.54. The van der Waals surface area contributed by atoms with Gasteiger partial charge < -0.3 is 4.90 Å². The maximum Gasteiger partial charge on any atom is 0.273 e. The van der Waals surface area contributed by atoms with Gasteiger partial charge in [-0.1, -0.05) is 50.1 Å². The van der Waals surface area contributed by atoms with Crippen molar-refractivity contribution >= 4 is 34.5 Å². The molecule has 192 valence electrons. The van der Waals surface area contributed by atoms with Crippen molar-refractivity contribution in [2.45, 2.75) is 42.4 Å². The van der Waals surface area contributed by atoms with Crippen molar-refractivity contribution in [3.63, 3.8) is 0 Å². The summed E-state index contributed by atoms with van der Waals surface area (Å²) in [5, 5.41) is 22.6. The summed E-state index contributed by atoms with van der Waals surface area (Å²) < 4.78 is 0. The molecule has 0 N–H and O–H groups in total. The van der Waals surface area contributed by atoms with Crippen LogP contribution in [0.25, 0.3) is 22.5 Å². The van der Waals surface area contributed by atoms with Crippen molar-refractivity contribution in [2.24, 2.45) is 0 Å². The summed E-state index contributed by atoms with van der Waals surface area (Å²) >= 11 is 1.60. The van der Waals surface area contributed by atoms with Gasteiger partial charge in [0.2, 0.25) is 0 Å². The van der Waals surface area contributed by atoms with Gasteiger partial charge in [-0.15, -0.1) is 0 Å². The van der Waals surface area contributed by atoms with Gasteiger partial charge in [0.15, 0.2) is 0 Å². The van der Waals surface area contributed by atoms with Crippen LogP contribution in [0.5, 0.6) is 0 Å². The second kappa shape index (κ2) is 11.0. The molecule has 0 saturated heterocycles. The zero-order valence-corrected chi connectivity index (χ0v) is 21.6. The zero-order valence-electron chi connectivity index (χ0n) is 20.7. The first-order chi connectivity index (χ1) is 18.4. The first-order valence-corrected chi connectivity index (χ1v) is 13.2. The molecule has 38 heavy (non-hydrogen) atoms. The van der Waals surface area contributed by atoms with E-state index in [0.29, 0.717) is 11.4 Å². The van der Waals surface area contributed by atoms with Gasteiger partial charge in [-0.3, -0.25) is 30.2 Å². The fourth-order valence-electron chi connectivity index (χ4n) is 4.52. The van der Waals surface area contributed by atoms with E-state index in [1.165, 1.54) is 43.1 Å². The highest BCUT2D eigenvalue weighted by Gasteiger charge is 2.25. The Bertz CT molecular complexity index is 1420. The molecule has 10 heteroatoms. The smallest absolute Gasteiger partial charge is 0.273 e. The third-order valence-electron chi connectivity index (χ3n) is 6.46. The minimum Gasteiger partial charge on any atom is -0.340 e. The lowest BCUT2D eigenvalue weighted by Gasteiger charge is -2.33. The van der Waals surface area contributed by atoms with E-state index in [2.05, 4.69) is 33.9 Å². The summed E-state index contributed by atoms with van der Waals surface area (Å²) in [5.41, 5.74) is 4.82. The van der Waals surface area contributed by atoms with Gasteiger partial charge in [0.25, 0.3) is 11.4 Å². The Kier molecular flexibility index (Phi) is 7.32. The second-order valence-corrected chi connectivity index (χ2v) is 10.1. The number of pyridine rings is 2. The highest BCUT2D eigenvalue weighted by molar-refractivity contribution is 7.99. The van der Waals surface area contributed by atoms with E-state index in [-0.39, 0.29) is 11.4 Å². The predicted octanol–water partition coefficient (Wildman–Crippen LogP) is 7.81. The highest BCUT2D eigenvalue weighted by Crippen LogP contribution is 2.50. The molecule has 0 fully saturated rings. The molecule has 2 aromatic carbocycles. The molecule has 0 unspecified atom stereocenters. The molecule has 1 aliphatic rings. The summed E-state index contributed by atoms with van der Waals surface area (Å²) in [6, 6.07) is 17.8. The van der Waals surface area contributed by atoms with Crippen LogP contribution in [0.3, 0.4) is 0 Å². The average Bonchev–Trinajstić information content (AvgIpc) is 2.94. The van der Waals surface area contributed by atoms with Crippen LogP contribution in [-0.4, -0.2) is 26.4 Å². The molecule has 9 nitrogen and oxygen atoms in total. The van der Waals surface area contributed by atoms with Crippen LogP contribution in [0, 0.1) is 20.2 Å². The first-order valence-electron chi connectivity index (χ1n) is 12.4. The molecule has 5 rings (SSSR count). The number of aromatic nitrogens is 2. The van der Waals surface area contributed by atoms with Gasteiger partial charge >= 0.3 is 0 Å². The van der Waals surface area contributed by atoms with E-state index in [1.807, 2.05) is 24.3 Å². The first kappa shape index (κ1) is 25.3. The van der Waals surface area contributed by atoms with Crippen LogP contribution >= 0.6 is 11.8 Å². The topological polar surface area (TPSA) is 115 Å². The number of benzene rings is 2. The molecule has 2 aromatic heterocycles.